The van der Waals surface area contributed by atoms with Gasteiger partial charge in [-0.1, -0.05) is 0 Å². The van der Waals surface area contributed by atoms with Gasteiger partial charge in [0.05, 0.1) is 0 Å². The number of phenols is 1. The van der Waals surface area contributed by atoms with Crippen molar-refractivity contribution < 1.29 is 13.0 Å². The molecule has 226 valence electrons. The van der Waals surface area contributed by atoms with Gasteiger partial charge in [-0.2, -0.15) is 0 Å². The van der Waals surface area contributed by atoms with Gasteiger partial charge >= 0.3 is 273 Å². The molecular formula is C37H42Cl2O3Sn. The first kappa shape index (κ1) is 33.4. The zero-order valence-electron chi connectivity index (χ0n) is 26.0. The van der Waals surface area contributed by atoms with Crippen molar-refractivity contribution in [2.24, 2.45) is 0 Å². The van der Waals surface area contributed by atoms with Crippen LogP contribution in [0.3, 0.4) is 0 Å². The minimum atomic E-state index is -4.19. The fourth-order valence-corrected chi connectivity index (χ4v) is 25.8. The molecule has 0 aliphatic rings. The zero-order valence-corrected chi connectivity index (χ0v) is 30.3. The maximum absolute atomic E-state index is 14.2. The van der Waals surface area contributed by atoms with Gasteiger partial charge in [-0.05, 0) is 0 Å². The molecule has 0 saturated carbocycles. The molecule has 0 radical (unpaired) electrons. The molecule has 0 aromatic heterocycles. The first-order valence-corrected chi connectivity index (χ1v) is 22.7. The molecule has 0 bridgehead atoms. The summed E-state index contributed by atoms with van der Waals surface area (Å²) in [6, 6.07) is 34.3. The SMILES string of the molecule is CC(C)([CH2][Sn]([CH2]C(C)(C)c1ccccc1)([CH2]C(C)(C)c1ccccc1)[O]C(=O)c1cc(Cl)cc(Cl)c1O)c1ccccc1. The molecule has 0 fully saturated rings. The van der Waals surface area contributed by atoms with Crippen LogP contribution < -0.4 is 0 Å². The molecular weight excluding hydrogens is 682 g/mol. The van der Waals surface area contributed by atoms with Crippen LogP contribution >= 0.6 is 23.2 Å². The van der Waals surface area contributed by atoms with Crippen LogP contribution in [0.4, 0.5) is 0 Å². The van der Waals surface area contributed by atoms with Crippen molar-refractivity contribution in [2.75, 3.05) is 0 Å². The van der Waals surface area contributed by atoms with E-state index in [4.69, 9.17) is 26.3 Å². The standard InChI is InChI=1S/3C10H13.C7H4Cl2O3.Sn/c3*1-10(2,3)9-7-5-4-6-8-9;8-3-1-4(7(11)12)6(10)5(9)2-3;/h3*4-8H,1H2,2-3H3;1-2,10H,(H,11,12);/q;;;;+1/p-1. The van der Waals surface area contributed by atoms with Crippen LogP contribution in [0.2, 0.25) is 23.4 Å². The Bertz CT molecular complexity index is 1400. The molecule has 0 aliphatic heterocycles. The van der Waals surface area contributed by atoms with Crippen molar-refractivity contribution in [3.8, 4) is 5.75 Å². The van der Waals surface area contributed by atoms with E-state index in [1.54, 1.807) is 0 Å². The van der Waals surface area contributed by atoms with Gasteiger partial charge in [0.2, 0.25) is 0 Å². The van der Waals surface area contributed by atoms with Crippen molar-refractivity contribution >= 4 is 48.0 Å². The number of phenolic OH excluding ortho intramolecular Hbond substituents is 1. The number of hydrogen-bond donors (Lipinski definition) is 1. The first-order chi connectivity index (χ1) is 20.1. The van der Waals surface area contributed by atoms with Gasteiger partial charge in [-0.15, -0.1) is 0 Å². The molecule has 0 saturated heterocycles. The van der Waals surface area contributed by atoms with Crippen molar-refractivity contribution in [1.29, 1.82) is 0 Å². The van der Waals surface area contributed by atoms with E-state index >= 15 is 0 Å². The van der Waals surface area contributed by atoms with Crippen molar-refractivity contribution in [3.05, 3.63) is 135 Å². The average molecular weight is 724 g/mol. The van der Waals surface area contributed by atoms with Crippen molar-refractivity contribution in [2.45, 2.75) is 71.1 Å². The second-order valence-corrected chi connectivity index (χ2v) is 24.8. The summed E-state index contributed by atoms with van der Waals surface area (Å²) < 4.78 is 9.23. The second kappa shape index (κ2) is 13.3. The van der Waals surface area contributed by atoms with Gasteiger partial charge in [0, 0.05) is 0 Å². The normalized spacial score (nSPS) is 12.7. The summed E-state index contributed by atoms with van der Waals surface area (Å²) in [4.78, 5) is 14.2. The molecule has 0 unspecified atom stereocenters. The molecule has 4 aromatic carbocycles. The Balaban J connectivity index is 1.91. The molecule has 0 amide bonds. The molecule has 4 rings (SSSR count). The van der Waals surface area contributed by atoms with E-state index in [1.165, 1.54) is 28.8 Å². The van der Waals surface area contributed by atoms with Gasteiger partial charge < -0.3 is 0 Å². The van der Waals surface area contributed by atoms with Gasteiger partial charge in [-0.3, -0.25) is 0 Å². The Morgan fingerprint density at radius 1 is 0.651 bits per heavy atom. The van der Waals surface area contributed by atoms with Crippen LogP contribution in [-0.4, -0.2) is 29.9 Å². The van der Waals surface area contributed by atoms with E-state index in [0.717, 1.165) is 13.3 Å². The van der Waals surface area contributed by atoms with Crippen LogP contribution in [0.25, 0.3) is 0 Å². The summed E-state index contributed by atoms with van der Waals surface area (Å²) in [5.74, 6) is -0.863. The number of hydrogen-bond acceptors (Lipinski definition) is 3. The third kappa shape index (κ3) is 8.17. The van der Waals surface area contributed by atoms with Crippen molar-refractivity contribution in [3.63, 3.8) is 0 Å². The Kier molecular flexibility index (Phi) is 10.3. The van der Waals surface area contributed by atoms with Gasteiger partial charge in [-0.25, -0.2) is 0 Å². The average Bonchev–Trinajstić information content (AvgIpc) is 2.95. The zero-order chi connectivity index (χ0) is 31.5. The quantitative estimate of drug-likeness (QED) is 0.157. The molecule has 6 heteroatoms. The van der Waals surface area contributed by atoms with Crippen LogP contribution in [0.15, 0.2) is 103 Å². The fraction of sp³-hybridized carbons (Fsp3) is 0.324. The van der Waals surface area contributed by atoms with E-state index < -0.39 is 24.8 Å². The third-order valence-corrected chi connectivity index (χ3v) is 23.9. The van der Waals surface area contributed by atoms with E-state index in [0.29, 0.717) is 0 Å². The molecule has 0 aliphatic carbocycles. The predicted molar refractivity (Wildman–Crippen MR) is 182 cm³/mol. The number of carbonyl (C=O) groups excluding carboxylic acids is 1. The van der Waals surface area contributed by atoms with Crippen molar-refractivity contribution in [1.82, 2.24) is 0 Å². The topological polar surface area (TPSA) is 46.5 Å². The second-order valence-electron chi connectivity index (χ2n) is 13.6. The van der Waals surface area contributed by atoms with Crippen LogP contribution in [0.5, 0.6) is 5.75 Å². The first-order valence-electron chi connectivity index (χ1n) is 14.7. The fourth-order valence-electron chi connectivity index (χ4n) is 6.66. The minimum absolute atomic E-state index is 0.00567. The number of aromatic hydroxyl groups is 1. The van der Waals surface area contributed by atoms with Crippen LogP contribution in [-0.2, 0) is 19.3 Å². The molecule has 0 heterocycles. The number of halogens is 2. The van der Waals surface area contributed by atoms with Gasteiger partial charge in [0.1, 0.15) is 0 Å². The predicted octanol–water partition coefficient (Wildman–Crippen LogP) is 10.7. The molecule has 3 nitrogen and oxygen atoms in total. The van der Waals surface area contributed by atoms with Crippen LogP contribution in [0, 0.1) is 0 Å². The van der Waals surface area contributed by atoms with Gasteiger partial charge in [0.15, 0.2) is 0 Å². The van der Waals surface area contributed by atoms with E-state index in [9.17, 15) is 9.90 Å². The summed E-state index contributed by atoms with van der Waals surface area (Å²) >= 11 is 8.39. The summed E-state index contributed by atoms with van der Waals surface area (Å²) in [6.45, 7) is 13.5. The summed E-state index contributed by atoms with van der Waals surface area (Å²) in [5.41, 5.74) is 2.80. The molecule has 43 heavy (non-hydrogen) atoms. The summed E-state index contributed by atoms with van der Waals surface area (Å²) in [7, 11) is 0. The molecule has 4 aromatic rings. The summed E-state index contributed by atoms with van der Waals surface area (Å²) in [5, 5.41) is 11.2. The molecule has 1 N–H and O–H groups in total. The van der Waals surface area contributed by atoms with Crippen LogP contribution in [0.1, 0.15) is 68.6 Å². The monoisotopic (exact) mass is 724 g/mol. The maximum atomic E-state index is 14.2. The van der Waals surface area contributed by atoms with E-state index in [-0.39, 0.29) is 37.6 Å². The molecule has 0 atom stereocenters. The summed E-state index contributed by atoms with van der Waals surface area (Å²) in [6.07, 6.45) is 0. The number of rotatable bonds is 11. The van der Waals surface area contributed by atoms with Gasteiger partial charge in [0.25, 0.3) is 0 Å². The van der Waals surface area contributed by atoms with E-state index in [2.05, 4.69) is 114 Å². The Morgan fingerprint density at radius 3 is 1.35 bits per heavy atom. The number of benzene rings is 4. The third-order valence-electron chi connectivity index (χ3n) is 8.52. The Morgan fingerprint density at radius 2 is 1.00 bits per heavy atom. The number of carbonyl (C=O) groups is 1. The Hall–Kier alpha value is -2.47. The van der Waals surface area contributed by atoms with E-state index in [1.807, 2.05) is 18.2 Å². The Labute approximate surface area is 271 Å². The molecule has 0 spiro atoms.